The average Bonchev–Trinajstić information content (AvgIpc) is 2.97. The van der Waals surface area contributed by atoms with Gasteiger partial charge in [-0.2, -0.15) is 0 Å². The second-order valence-electron chi connectivity index (χ2n) is 4.48. The van der Waals surface area contributed by atoms with Crippen LogP contribution in [0.1, 0.15) is 11.3 Å². The first kappa shape index (κ1) is 16.6. The van der Waals surface area contributed by atoms with Crippen LogP contribution in [0.15, 0.2) is 24.4 Å². The quantitative estimate of drug-likeness (QED) is 0.582. The number of aromatic nitrogens is 1. The molecule has 0 bridgehead atoms. The molecule has 0 amide bonds. The van der Waals surface area contributed by atoms with Crippen molar-refractivity contribution in [2.45, 2.75) is 6.54 Å². The summed E-state index contributed by atoms with van der Waals surface area (Å²) in [6.07, 6.45) is 1.85. The molecule has 6 heteroatoms. The van der Waals surface area contributed by atoms with Gasteiger partial charge in [-0.25, -0.2) is 0 Å². The van der Waals surface area contributed by atoms with Crippen molar-refractivity contribution >= 4 is 5.71 Å². The number of ether oxygens (including phenoxy) is 1. The largest absolute Gasteiger partial charge is 0.379 e. The summed E-state index contributed by atoms with van der Waals surface area (Å²) in [5.41, 5.74) is 13.0. The second-order valence-corrected chi connectivity index (χ2v) is 4.48. The molecule has 20 heavy (non-hydrogen) atoms. The summed E-state index contributed by atoms with van der Waals surface area (Å²) < 4.78 is 5.32. The molecule has 1 aromatic rings. The molecular weight excluding hydrogens is 254 g/mol. The molecule has 1 fully saturated rings. The van der Waals surface area contributed by atoms with Gasteiger partial charge >= 0.3 is 0 Å². The lowest BCUT2D eigenvalue weighted by atomic mass is 10.1. The highest BCUT2D eigenvalue weighted by Gasteiger charge is 2.13. The predicted octanol–water partition coefficient (Wildman–Crippen LogP) is 0.305. The van der Waals surface area contributed by atoms with Crippen molar-refractivity contribution < 1.29 is 4.74 Å². The molecule has 112 valence electrons. The van der Waals surface area contributed by atoms with Crippen LogP contribution in [-0.2, 0) is 11.3 Å². The second kappa shape index (κ2) is 8.65. The molecule has 2 heterocycles. The number of rotatable bonds is 5. The van der Waals surface area contributed by atoms with Gasteiger partial charge in [0.2, 0.25) is 0 Å². The van der Waals surface area contributed by atoms with E-state index in [0.29, 0.717) is 17.8 Å². The van der Waals surface area contributed by atoms with Gasteiger partial charge in [0.15, 0.2) is 0 Å². The predicted molar refractivity (Wildman–Crippen MR) is 82.0 cm³/mol. The van der Waals surface area contributed by atoms with Crippen LogP contribution < -0.4 is 11.5 Å². The molecular formula is C14H25N5O. The van der Waals surface area contributed by atoms with Crippen molar-refractivity contribution in [2.24, 2.45) is 11.5 Å². The maximum absolute atomic E-state index is 7.94. The molecule has 1 aliphatic rings. The zero-order valence-corrected chi connectivity index (χ0v) is 12.1. The van der Waals surface area contributed by atoms with Gasteiger partial charge in [0.05, 0.1) is 18.9 Å². The van der Waals surface area contributed by atoms with Crippen LogP contribution in [0, 0.1) is 5.41 Å². The third-order valence-corrected chi connectivity index (χ3v) is 3.13. The third-order valence-electron chi connectivity index (χ3n) is 3.13. The smallest absolute Gasteiger partial charge is 0.0666 e. The molecule has 0 atom stereocenters. The Morgan fingerprint density at radius 3 is 2.70 bits per heavy atom. The SMILES string of the molecule is C=C(CN)C(=N)c1c[nH]c(CN2CCOCC2)c1.CN. The zero-order valence-electron chi connectivity index (χ0n) is 12.1. The van der Waals surface area contributed by atoms with Crippen LogP contribution >= 0.6 is 0 Å². The maximum Gasteiger partial charge on any atom is 0.0666 e. The van der Waals surface area contributed by atoms with Crippen molar-refractivity contribution in [3.63, 3.8) is 0 Å². The van der Waals surface area contributed by atoms with Gasteiger partial charge in [0.25, 0.3) is 0 Å². The summed E-state index contributed by atoms with van der Waals surface area (Å²) in [5, 5.41) is 7.94. The Morgan fingerprint density at radius 2 is 2.10 bits per heavy atom. The molecule has 1 saturated heterocycles. The third kappa shape index (κ3) is 4.57. The molecule has 6 N–H and O–H groups in total. The highest BCUT2D eigenvalue weighted by atomic mass is 16.5. The molecule has 1 aromatic heterocycles. The van der Waals surface area contributed by atoms with Crippen LogP contribution in [0.3, 0.4) is 0 Å². The Kier molecular flexibility index (Phi) is 7.17. The van der Waals surface area contributed by atoms with Gasteiger partial charge in [-0.05, 0) is 18.7 Å². The fraction of sp³-hybridized carbons (Fsp3) is 0.500. The average molecular weight is 279 g/mol. The molecule has 0 unspecified atom stereocenters. The summed E-state index contributed by atoms with van der Waals surface area (Å²) in [6, 6.07) is 2.00. The van der Waals surface area contributed by atoms with E-state index in [1.165, 1.54) is 7.05 Å². The number of nitrogens with two attached hydrogens (primary N) is 2. The Balaban J connectivity index is 0.000000956. The highest BCUT2D eigenvalue weighted by molar-refractivity contribution is 6.10. The maximum atomic E-state index is 7.94. The molecule has 0 saturated carbocycles. The molecule has 6 nitrogen and oxygen atoms in total. The number of hydrogen-bond acceptors (Lipinski definition) is 5. The van der Waals surface area contributed by atoms with Gasteiger partial charge in [-0.3, -0.25) is 10.3 Å². The van der Waals surface area contributed by atoms with Gasteiger partial charge < -0.3 is 21.2 Å². The van der Waals surface area contributed by atoms with E-state index in [1.54, 1.807) is 0 Å². The summed E-state index contributed by atoms with van der Waals surface area (Å²) in [4.78, 5) is 5.54. The molecule has 1 aliphatic heterocycles. The van der Waals surface area contributed by atoms with Gasteiger partial charge in [-0.15, -0.1) is 0 Å². The minimum atomic E-state index is 0.322. The van der Waals surface area contributed by atoms with E-state index in [2.05, 4.69) is 22.2 Å². The van der Waals surface area contributed by atoms with E-state index in [-0.39, 0.29) is 0 Å². The van der Waals surface area contributed by atoms with Gasteiger partial charge in [-0.1, -0.05) is 6.58 Å². The molecule has 0 aromatic carbocycles. The first-order valence-corrected chi connectivity index (χ1v) is 6.73. The summed E-state index contributed by atoms with van der Waals surface area (Å²) >= 11 is 0. The molecule has 0 spiro atoms. The van der Waals surface area contributed by atoms with Crippen LogP contribution in [-0.4, -0.2) is 55.5 Å². The summed E-state index contributed by atoms with van der Waals surface area (Å²) in [7, 11) is 1.50. The van der Waals surface area contributed by atoms with Crippen LogP contribution in [0.25, 0.3) is 0 Å². The Morgan fingerprint density at radius 1 is 1.45 bits per heavy atom. The number of hydrogen-bond donors (Lipinski definition) is 4. The Bertz CT molecular complexity index is 435. The van der Waals surface area contributed by atoms with Gasteiger partial charge in [0.1, 0.15) is 0 Å². The van der Waals surface area contributed by atoms with E-state index < -0.39 is 0 Å². The van der Waals surface area contributed by atoms with E-state index in [0.717, 1.165) is 44.1 Å². The van der Waals surface area contributed by atoms with Crippen molar-refractivity contribution in [3.05, 3.63) is 35.7 Å². The van der Waals surface area contributed by atoms with Crippen LogP contribution in [0.5, 0.6) is 0 Å². The minimum absolute atomic E-state index is 0.322. The highest BCUT2D eigenvalue weighted by Crippen LogP contribution is 2.11. The van der Waals surface area contributed by atoms with Crippen molar-refractivity contribution in [2.75, 3.05) is 39.9 Å². The standard InChI is InChI=1S/C13H20N4O.CH5N/c1-10(7-14)13(15)11-6-12(16-8-11)9-17-2-4-18-5-3-17;1-2/h6,8,15-16H,1-5,7,9,14H2;2H2,1H3. The van der Waals surface area contributed by atoms with Gasteiger partial charge in [0, 0.05) is 43.6 Å². The van der Waals surface area contributed by atoms with Crippen molar-refractivity contribution in [1.29, 1.82) is 5.41 Å². The van der Waals surface area contributed by atoms with Crippen LogP contribution in [0.2, 0.25) is 0 Å². The van der Waals surface area contributed by atoms with E-state index in [9.17, 15) is 0 Å². The number of morpholine rings is 1. The van der Waals surface area contributed by atoms with Crippen LogP contribution in [0.4, 0.5) is 0 Å². The number of H-pyrrole nitrogens is 1. The summed E-state index contributed by atoms with van der Waals surface area (Å²) in [6.45, 7) is 8.49. The first-order chi connectivity index (χ1) is 9.70. The number of aromatic amines is 1. The van der Waals surface area contributed by atoms with E-state index >= 15 is 0 Å². The Labute approximate surface area is 120 Å². The first-order valence-electron chi connectivity index (χ1n) is 6.73. The monoisotopic (exact) mass is 279 g/mol. The molecule has 0 radical (unpaired) electrons. The van der Waals surface area contributed by atoms with E-state index in [1.807, 2.05) is 12.3 Å². The lowest BCUT2D eigenvalue weighted by Crippen LogP contribution is -2.35. The molecule has 2 rings (SSSR count). The Hall–Kier alpha value is -1.47. The number of nitrogens with one attached hydrogen (secondary N) is 2. The van der Waals surface area contributed by atoms with Crippen molar-refractivity contribution in [3.8, 4) is 0 Å². The fourth-order valence-corrected chi connectivity index (χ4v) is 1.98. The lowest BCUT2D eigenvalue weighted by Gasteiger charge is -2.25. The number of nitrogens with zero attached hydrogens (tertiary/aromatic N) is 1. The normalized spacial score (nSPS) is 15.3. The fourth-order valence-electron chi connectivity index (χ4n) is 1.98. The van der Waals surface area contributed by atoms with E-state index in [4.69, 9.17) is 15.9 Å². The topological polar surface area (TPSA) is 104 Å². The lowest BCUT2D eigenvalue weighted by molar-refractivity contribution is 0.0337. The zero-order chi connectivity index (χ0) is 15.0. The summed E-state index contributed by atoms with van der Waals surface area (Å²) in [5.74, 6) is 0. The van der Waals surface area contributed by atoms with Crippen molar-refractivity contribution in [1.82, 2.24) is 9.88 Å². The minimum Gasteiger partial charge on any atom is -0.379 e. The molecule has 0 aliphatic carbocycles.